The van der Waals surface area contributed by atoms with Gasteiger partial charge in [0.05, 0.1) is 4.75 Å². The molecule has 8 heteroatoms. The molecule has 1 aromatic heterocycles. The lowest BCUT2D eigenvalue weighted by Gasteiger charge is -2.28. The summed E-state index contributed by atoms with van der Waals surface area (Å²) in [6.07, 6.45) is 10.1. The number of aromatic nitrogens is 3. The van der Waals surface area contributed by atoms with E-state index in [0.29, 0.717) is 13.1 Å². The molecule has 0 saturated heterocycles. The van der Waals surface area contributed by atoms with Crippen LogP contribution in [-0.2, 0) is 11.8 Å². The van der Waals surface area contributed by atoms with Crippen LogP contribution in [0.25, 0.3) is 17.0 Å². The third-order valence-corrected chi connectivity index (χ3v) is 7.35. The molecule has 30 heavy (non-hydrogen) atoms. The Hall–Kier alpha value is -2.61. The van der Waals surface area contributed by atoms with Gasteiger partial charge in [0.25, 0.3) is 0 Å². The first-order valence-corrected chi connectivity index (χ1v) is 11.5. The maximum Gasteiger partial charge on any atom is 0.317 e. The fourth-order valence-corrected chi connectivity index (χ4v) is 4.98. The van der Waals surface area contributed by atoms with Crippen molar-refractivity contribution in [3.05, 3.63) is 42.2 Å². The fraction of sp³-hybridized carbons (Fsp3) is 0.455. The molecule has 1 aliphatic heterocycles. The number of amides is 2. The lowest BCUT2D eigenvalue weighted by Crippen LogP contribution is -2.46. The van der Waals surface area contributed by atoms with Crippen LogP contribution in [0.3, 0.4) is 0 Å². The van der Waals surface area contributed by atoms with Crippen LogP contribution in [0.15, 0.2) is 36.7 Å². The average Bonchev–Trinajstić information content (AvgIpc) is 3.41. The number of urea groups is 1. The summed E-state index contributed by atoms with van der Waals surface area (Å²) >= 11 is 1.59. The van der Waals surface area contributed by atoms with Crippen LogP contribution in [0.4, 0.5) is 4.79 Å². The van der Waals surface area contributed by atoms with E-state index in [1.807, 2.05) is 30.3 Å². The molecule has 1 N–H and O–H groups in total. The van der Waals surface area contributed by atoms with Crippen LogP contribution in [-0.4, -0.2) is 62.1 Å². The van der Waals surface area contributed by atoms with Crippen molar-refractivity contribution in [3.8, 4) is 11.4 Å². The molecule has 1 aliphatic carbocycles. The number of benzene rings is 1. The Kier molecular flexibility index (Phi) is 5.94. The molecule has 7 nitrogen and oxygen atoms in total. The minimum absolute atomic E-state index is 0.0327. The molecule has 2 heterocycles. The second kappa shape index (κ2) is 8.63. The topological polar surface area (TPSA) is 80.1 Å². The van der Waals surface area contributed by atoms with Crippen molar-refractivity contribution < 1.29 is 9.59 Å². The zero-order valence-electron chi connectivity index (χ0n) is 17.4. The van der Waals surface area contributed by atoms with Gasteiger partial charge in [0.1, 0.15) is 12.6 Å². The molecular weight excluding hydrogens is 398 g/mol. The first-order chi connectivity index (χ1) is 14.5. The van der Waals surface area contributed by atoms with Gasteiger partial charge in [-0.15, -0.1) is 0 Å². The van der Waals surface area contributed by atoms with E-state index in [2.05, 4.69) is 33.6 Å². The number of nitrogens with one attached hydrogen (secondary N) is 1. The average molecular weight is 426 g/mol. The number of rotatable bonds is 5. The van der Waals surface area contributed by atoms with Crippen LogP contribution in [0.2, 0.25) is 0 Å². The van der Waals surface area contributed by atoms with Crippen molar-refractivity contribution in [2.75, 3.05) is 19.3 Å². The molecule has 2 aliphatic rings. The van der Waals surface area contributed by atoms with Crippen LogP contribution in [0.1, 0.15) is 31.2 Å². The van der Waals surface area contributed by atoms with E-state index in [0.717, 1.165) is 43.4 Å². The highest BCUT2D eigenvalue weighted by molar-refractivity contribution is 8.00. The van der Waals surface area contributed by atoms with Gasteiger partial charge >= 0.3 is 6.03 Å². The molecule has 158 valence electrons. The molecule has 0 bridgehead atoms. The first-order valence-electron chi connectivity index (χ1n) is 10.2. The summed E-state index contributed by atoms with van der Waals surface area (Å²) in [6.45, 7) is 1.29. The molecule has 2 atom stereocenters. The van der Waals surface area contributed by atoms with Gasteiger partial charge in [-0.25, -0.2) is 9.78 Å². The number of carbonyl (C=O) groups excluding carboxylic acids is 2. The SMILES string of the molecule is CS[C@@]1(C=O)CCC(NC(=O)N2CC=C(c3ccc(-c4ncn(C)n4)cc3)CC2)C1. The minimum Gasteiger partial charge on any atom is -0.335 e. The molecule has 1 fully saturated rings. The van der Waals surface area contributed by atoms with Crippen molar-refractivity contribution in [1.82, 2.24) is 25.0 Å². The van der Waals surface area contributed by atoms with Gasteiger partial charge < -0.3 is 15.0 Å². The maximum atomic E-state index is 12.7. The highest BCUT2D eigenvalue weighted by Crippen LogP contribution is 2.38. The molecular formula is C22H27N5O2S. The predicted octanol–water partition coefficient (Wildman–Crippen LogP) is 3.13. The summed E-state index contributed by atoms with van der Waals surface area (Å²) in [6, 6.07) is 8.30. The zero-order valence-corrected chi connectivity index (χ0v) is 18.2. The highest BCUT2D eigenvalue weighted by atomic mass is 32.2. The summed E-state index contributed by atoms with van der Waals surface area (Å²) in [7, 11) is 1.85. The number of aldehydes is 1. The second-order valence-electron chi connectivity index (χ2n) is 8.02. The largest absolute Gasteiger partial charge is 0.335 e. The maximum absolute atomic E-state index is 12.7. The minimum atomic E-state index is -0.329. The van der Waals surface area contributed by atoms with Crippen LogP contribution in [0, 0.1) is 0 Å². The monoisotopic (exact) mass is 425 g/mol. The van der Waals surface area contributed by atoms with E-state index >= 15 is 0 Å². The normalized spacial score (nSPS) is 23.9. The highest BCUT2D eigenvalue weighted by Gasteiger charge is 2.39. The fourth-order valence-electron chi connectivity index (χ4n) is 4.19. The number of hydrogen-bond donors (Lipinski definition) is 1. The molecule has 2 aromatic rings. The number of hydrogen-bond acceptors (Lipinski definition) is 5. The Morgan fingerprint density at radius 2 is 2.07 bits per heavy atom. The number of thioether (sulfide) groups is 1. The Morgan fingerprint density at radius 3 is 2.63 bits per heavy atom. The van der Waals surface area contributed by atoms with Gasteiger partial charge in [-0.3, -0.25) is 4.68 Å². The van der Waals surface area contributed by atoms with Gasteiger partial charge in [-0.05, 0) is 43.1 Å². The van der Waals surface area contributed by atoms with Gasteiger partial charge in [0.2, 0.25) is 0 Å². The Morgan fingerprint density at radius 1 is 1.30 bits per heavy atom. The van der Waals surface area contributed by atoms with Crippen LogP contribution < -0.4 is 5.32 Å². The van der Waals surface area contributed by atoms with E-state index in [-0.39, 0.29) is 16.8 Å². The first kappa shape index (κ1) is 20.7. The molecule has 1 aromatic carbocycles. The summed E-state index contributed by atoms with van der Waals surface area (Å²) in [5.41, 5.74) is 3.41. The van der Waals surface area contributed by atoms with Gasteiger partial charge in [-0.1, -0.05) is 30.3 Å². The van der Waals surface area contributed by atoms with E-state index in [9.17, 15) is 9.59 Å². The smallest absolute Gasteiger partial charge is 0.317 e. The van der Waals surface area contributed by atoms with Crippen molar-refractivity contribution in [1.29, 1.82) is 0 Å². The number of nitrogens with zero attached hydrogens (tertiary/aromatic N) is 4. The van der Waals surface area contributed by atoms with E-state index < -0.39 is 0 Å². The predicted molar refractivity (Wildman–Crippen MR) is 119 cm³/mol. The Bertz CT molecular complexity index is 955. The summed E-state index contributed by atoms with van der Waals surface area (Å²) in [4.78, 5) is 30.2. The van der Waals surface area contributed by atoms with Gasteiger partial charge in [-0.2, -0.15) is 16.9 Å². The van der Waals surface area contributed by atoms with Crippen LogP contribution in [0.5, 0.6) is 0 Å². The van der Waals surface area contributed by atoms with Gasteiger partial charge in [0.15, 0.2) is 5.82 Å². The van der Waals surface area contributed by atoms with Crippen molar-refractivity contribution in [3.63, 3.8) is 0 Å². The summed E-state index contributed by atoms with van der Waals surface area (Å²) in [5, 5.41) is 7.46. The van der Waals surface area contributed by atoms with Crippen LogP contribution >= 0.6 is 11.8 Å². The van der Waals surface area contributed by atoms with E-state index in [1.165, 1.54) is 11.1 Å². The third-order valence-electron chi connectivity index (χ3n) is 6.07. The molecule has 1 saturated carbocycles. The summed E-state index contributed by atoms with van der Waals surface area (Å²) in [5.74, 6) is 0.719. The standard InChI is InChI=1S/C22H27N5O2S/c1-26-15-23-20(25-26)18-5-3-16(4-6-18)17-8-11-27(12-9-17)21(29)24-19-7-10-22(13-19,14-28)30-2/h3-6,8,14-15,19H,7,9-13H2,1-2H3,(H,24,29)/t19?,22-/m0/s1. The quantitative estimate of drug-likeness (QED) is 0.745. The molecule has 1 unspecified atom stereocenters. The number of aryl methyl sites for hydroxylation is 1. The lowest BCUT2D eigenvalue weighted by molar-refractivity contribution is -0.109. The van der Waals surface area contributed by atoms with E-state index in [4.69, 9.17) is 0 Å². The van der Waals surface area contributed by atoms with E-state index in [1.54, 1.807) is 22.8 Å². The third kappa shape index (κ3) is 4.28. The second-order valence-corrected chi connectivity index (χ2v) is 9.24. The lowest BCUT2D eigenvalue weighted by atomic mass is 9.98. The Balaban J connectivity index is 1.34. The molecule has 0 spiro atoms. The molecule has 0 radical (unpaired) electrons. The Labute approximate surface area is 180 Å². The van der Waals surface area contributed by atoms with Crippen molar-refractivity contribution >= 4 is 29.7 Å². The molecule has 4 rings (SSSR count). The van der Waals surface area contributed by atoms with Crippen molar-refractivity contribution in [2.45, 2.75) is 36.5 Å². The molecule has 2 amide bonds. The van der Waals surface area contributed by atoms with Gasteiger partial charge in [0, 0.05) is 31.7 Å². The van der Waals surface area contributed by atoms with Crippen molar-refractivity contribution in [2.24, 2.45) is 7.05 Å². The zero-order chi connectivity index (χ0) is 21.1. The number of carbonyl (C=O) groups is 2. The summed E-state index contributed by atoms with van der Waals surface area (Å²) < 4.78 is 1.36.